The van der Waals surface area contributed by atoms with Crippen LogP contribution in [-0.4, -0.2) is 46.3 Å². The molecule has 1 amide bonds. The van der Waals surface area contributed by atoms with E-state index in [1.54, 1.807) is 34.0 Å². The zero-order chi connectivity index (χ0) is 14.8. The van der Waals surface area contributed by atoms with Crippen LogP contribution in [-0.2, 0) is 0 Å². The van der Waals surface area contributed by atoms with Gasteiger partial charge in [0.15, 0.2) is 5.69 Å². The first-order valence-electron chi connectivity index (χ1n) is 6.98. The zero-order valence-electron chi connectivity index (χ0n) is 12.2. The highest BCUT2D eigenvalue weighted by Gasteiger charge is 2.23. The Morgan fingerprint density at radius 1 is 1.32 bits per heavy atom. The number of nitrogens with one attached hydrogen (secondary N) is 1. The standard InChI is InChI=1S/C15H17FN4O.ClH/c1-11-10-19(9-7-17-11)15(21)14-6-8-20(18-14)13-4-2-12(16)3-5-13;/h2-6,8,11,17H,7,9-10H2,1H3;1H. The quantitative estimate of drug-likeness (QED) is 0.917. The Hall–Kier alpha value is -1.92. The number of piperazine rings is 1. The van der Waals surface area contributed by atoms with Crippen LogP contribution >= 0.6 is 12.4 Å². The summed E-state index contributed by atoms with van der Waals surface area (Å²) in [6.45, 7) is 4.22. The van der Waals surface area contributed by atoms with Crippen LogP contribution in [0.4, 0.5) is 4.39 Å². The second-order valence-corrected chi connectivity index (χ2v) is 5.23. The van der Waals surface area contributed by atoms with E-state index in [4.69, 9.17) is 0 Å². The van der Waals surface area contributed by atoms with E-state index in [9.17, 15) is 9.18 Å². The van der Waals surface area contributed by atoms with Gasteiger partial charge in [0, 0.05) is 31.9 Å². The molecular formula is C15H18ClFN4O. The number of hydrogen-bond acceptors (Lipinski definition) is 3. The van der Waals surface area contributed by atoms with Crippen molar-refractivity contribution >= 4 is 18.3 Å². The predicted molar refractivity (Wildman–Crippen MR) is 84.1 cm³/mol. The number of halogens is 2. The minimum atomic E-state index is -0.294. The molecule has 1 saturated heterocycles. The monoisotopic (exact) mass is 324 g/mol. The van der Waals surface area contributed by atoms with E-state index in [2.05, 4.69) is 17.3 Å². The van der Waals surface area contributed by atoms with Crippen LogP contribution in [0, 0.1) is 5.82 Å². The van der Waals surface area contributed by atoms with Gasteiger partial charge in [-0.3, -0.25) is 4.79 Å². The smallest absolute Gasteiger partial charge is 0.274 e. The maximum atomic E-state index is 12.9. The van der Waals surface area contributed by atoms with E-state index < -0.39 is 0 Å². The van der Waals surface area contributed by atoms with Crippen molar-refractivity contribution in [3.63, 3.8) is 0 Å². The Labute approximate surface area is 134 Å². The summed E-state index contributed by atoms with van der Waals surface area (Å²) in [6.07, 6.45) is 1.71. The first-order chi connectivity index (χ1) is 10.1. The van der Waals surface area contributed by atoms with E-state index in [1.165, 1.54) is 12.1 Å². The van der Waals surface area contributed by atoms with Gasteiger partial charge < -0.3 is 10.2 Å². The molecule has 1 aliphatic rings. The molecule has 2 heterocycles. The number of amides is 1. The molecule has 0 aliphatic carbocycles. The van der Waals surface area contributed by atoms with Crippen LogP contribution in [0.3, 0.4) is 0 Å². The number of aromatic nitrogens is 2. The van der Waals surface area contributed by atoms with Crippen LogP contribution in [0.2, 0.25) is 0 Å². The lowest BCUT2D eigenvalue weighted by Gasteiger charge is -2.31. The number of rotatable bonds is 2. The number of hydrogen-bond donors (Lipinski definition) is 1. The summed E-state index contributed by atoms with van der Waals surface area (Å²) in [6, 6.07) is 7.99. The SMILES string of the molecule is CC1CN(C(=O)c2ccn(-c3ccc(F)cc3)n2)CCN1.Cl. The Balaban J connectivity index is 0.00000176. The van der Waals surface area contributed by atoms with Crippen molar-refractivity contribution in [2.45, 2.75) is 13.0 Å². The molecule has 1 aliphatic heterocycles. The van der Waals surface area contributed by atoms with Gasteiger partial charge in [0.1, 0.15) is 5.82 Å². The van der Waals surface area contributed by atoms with Crippen LogP contribution in [0.15, 0.2) is 36.5 Å². The molecular weight excluding hydrogens is 307 g/mol. The molecule has 1 aromatic heterocycles. The van der Waals surface area contributed by atoms with Gasteiger partial charge in [-0.1, -0.05) is 0 Å². The summed E-state index contributed by atoms with van der Waals surface area (Å²) < 4.78 is 14.5. The molecule has 0 spiro atoms. The molecule has 22 heavy (non-hydrogen) atoms. The molecule has 0 saturated carbocycles. The van der Waals surface area contributed by atoms with Gasteiger partial charge in [0.25, 0.3) is 5.91 Å². The fourth-order valence-corrected chi connectivity index (χ4v) is 2.45. The van der Waals surface area contributed by atoms with E-state index in [0.717, 1.165) is 12.2 Å². The fourth-order valence-electron chi connectivity index (χ4n) is 2.45. The zero-order valence-corrected chi connectivity index (χ0v) is 13.0. The largest absolute Gasteiger partial charge is 0.334 e. The minimum absolute atomic E-state index is 0. The van der Waals surface area contributed by atoms with Crippen molar-refractivity contribution in [1.29, 1.82) is 0 Å². The summed E-state index contributed by atoms with van der Waals surface area (Å²) in [5.74, 6) is -0.360. The first-order valence-corrected chi connectivity index (χ1v) is 6.98. The van der Waals surface area contributed by atoms with Crippen molar-refractivity contribution in [2.75, 3.05) is 19.6 Å². The minimum Gasteiger partial charge on any atom is -0.334 e. The van der Waals surface area contributed by atoms with Gasteiger partial charge in [-0.2, -0.15) is 5.10 Å². The Morgan fingerprint density at radius 3 is 2.73 bits per heavy atom. The molecule has 1 unspecified atom stereocenters. The van der Waals surface area contributed by atoms with Crippen molar-refractivity contribution < 1.29 is 9.18 Å². The van der Waals surface area contributed by atoms with Gasteiger partial charge in [-0.05, 0) is 37.3 Å². The van der Waals surface area contributed by atoms with Gasteiger partial charge in [-0.25, -0.2) is 9.07 Å². The third-order valence-electron chi connectivity index (χ3n) is 3.56. The highest BCUT2D eigenvalue weighted by atomic mass is 35.5. The summed E-state index contributed by atoms with van der Waals surface area (Å²) in [5, 5.41) is 7.59. The average Bonchev–Trinajstić information content (AvgIpc) is 2.97. The van der Waals surface area contributed by atoms with E-state index in [1.807, 2.05) is 0 Å². The lowest BCUT2D eigenvalue weighted by molar-refractivity contribution is 0.0702. The molecule has 3 rings (SSSR count). The van der Waals surface area contributed by atoms with Crippen LogP contribution in [0.25, 0.3) is 5.69 Å². The third-order valence-corrected chi connectivity index (χ3v) is 3.56. The van der Waals surface area contributed by atoms with E-state index in [0.29, 0.717) is 24.8 Å². The summed E-state index contributed by atoms with van der Waals surface area (Å²) >= 11 is 0. The average molecular weight is 325 g/mol. The summed E-state index contributed by atoms with van der Waals surface area (Å²) in [7, 11) is 0. The molecule has 5 nitrogen and oxygen atoms in total. The molecule has 118 valence electrons. The van der Waals surface area contributed by atoms with Crippen LogP contribution < -0.4 is 5.32 Å². The maximum Gasteiger partial charge on any atom is 0.274 e. The molecule has 1 fully saturated rings. The van der Waals surface area contributed by atoms with Gasteiger partial charge in [0.05, 0.1) is 5.69 Å². The predicted octanol–water partition coefficient (Wildman–Crippen LogP) is 1.87. The second kappa shape index (κ2) is 6.89. The lowest BCUT2D eigenvalue weighted by atomic mass is 10.2. The highest BCUT2D eigenvalue weighted by molar-refractivity contribution is 5.92. The van der Waals surface area contributed by atoms with Crippen LogP contribution in [0.5, 0.6) is 0 Å². The van der Waals surface area contributed by atoms with Gasteiger partial charge in [-0.15, -0.1) is 12.4 Å². The molecule has 0 radical (unpaired) electrons. The van der Waals surface area contributed by atoms with Crippen molar-refractivity contribution in [3.05, 3.63) is 48.0 Å². The molecule has 7 heteroatoms. The number of carbonyl (C=O) groups is 1. The van der Waals surface area contributed by atoms with E-state index in [-0.39, 0.29) is 24.1 Å². The Morgan fingerprint density at radius 2 is 2.05 bits per heavy atom. The molecule has 1 atom stereocenters. The Kier molecular flexibility index (Phi) is 5.15. The molecule has 1 aromatic carbocycles. The van der Waals surface area contributed by atoms with E-state index >= 15 is 0 Å². The normalized spacial score (nSPS) is 17.9. The number of carbonyl (C=O) groups excluding carboxylic acids is 1. The summed E-state index contributed by atoms with van der Waals surface area (Å²) in [5.41, 5.74) is 1.14. The van der Waals surface area contributed by atoms with Crippen molar-refractivity contribution in [1.82, 2.24) is 20.0 Å². The summed E-state index contributed by atoms with van der Waals surface area (Å²) in [4.78, 5) is 14.2. The van der Waals surface area contributed by atoms with Crippen molar-refractivity contribution in [2.24, 2.45) is 0 Å². The molecule has 0 bridgehead atoms. The number of benzene rings is 1. The fraction of sp³-hybridized carbons (Fsp3) is 0.333. The Bertz CT molecular complexity index is 643. The topological polar surface area (TPSA) is 50.2 Å². The highest BCUT2D eigenvalue weighted by Crippen LogP contribution is 2.11. The van der Waals surface area contributed by atoms with Crippen molar-refractivity contribution in [3.8, 4) is 5.69 Å². The maximum absolute atomic E-state index is 12.9. The lowest BCUT2D eigenvalue weighted by Crippen LogP contribution is -2.51. The first kappa shape index (κ1) is 16.5. The molecule has 1 N–H and O–H groups in total. The third kappa shape index (κ3) is 3.45. The van der Waals surface area contributed by atoms with Crippen LogP contribution in [0.1, 0.15) is 17.4 Å². The molecule has 2 aromatic rings. The number of nitrogens with zero attached hydrogens (tertiary/aromatic N) is 3. The van der Waals surface area contributed by atoms with Gasteiger partial charge in [0.2, 0.25) is 0 Å². The van der Waals surface area contributed by atoms with Gasteiger partial charge >= 0.3 is 0 Å². The second-order valence-electron chi connectivity index (χ2n) is 5.23.